The fourth-order valence-electron chi connectivity index (χ4n) is 2.19. The normalized spacial score (nSPS) is 16.9. The molecule has 22 heavy (non-hydrogen) atoms. The Hall–Kier alpha value is -2.21. The summed E-state index contributed by atoms with van der Waals surface area (Å²) in [7, 11) is 1.83. The lowest BCUT2D eigenvalue weighted by Crippen LogP contribution is -2.39. The quantitative estimate of drug-likeness (QED) is 0.663. The zero-order valence-electron chi connectivity index (χ0n) is 13.5. The third-order valence-corrected chi connectivity index (χ3v) is 3.37. The van der Waals surface area contributed by atoms with Crippen molar-refractivity contribution in [3.05, 3.63) is 24.3 Å². The third-order valence-electron chi connectivity index (χ3n) is 3.37. The summed E-state index contributed by atoms with van der Waals surface area (Å²) in [5, 5.41) is 22.9. The highest BCUT2D eigenvalue weighted by Gasteiger charge is 2.30. The Morgan fingerprint density at radius 2 is 2.00 bits per heavy atom. The number of hydrazone groups is 1. The summed E-state index contributed by atoms with van der Waals surface area (Å²) in [5.74, 6) is 0.838. The zero-order valence-corrected chi connectivity index (χ0v) is 13.5. The molecule has 0 saturated carbocycles. The number of nitrogens with one attached hydrogen (secondary N) is 1. The molecular formula is C16H23N5O. The van der Waals surface area contributed by atoms with Gasteiger partial charge in [-0.25, -0.2) is 10.0 Å². The number of benzene rings is 1. The second kappa shape index (κ2) is 6.27. The first-order chi connectivity index (χ1) is 10.3. The molecule has 0 aromatic heterocycles. The minimum Gasteiger partial charge on any atom is -0.390 e. The average molecular weight is 301 g/mol. The first-order valence-electron chi connectivity index (χ1n) is 7.23. The van der Waals surface area contributed by atoms with E-state index >= 15 is 0 Å². The van der Waals surface area contributed by atoms with E-state index in [-0.39, 0.29) is 12.1 Å². The number of rotatable bonds is 4. The van der Waals surface area contributed by atoms with Crippen LogP contribution in [0, 0.1) is 5.41 Å². The van der Waals surface area contributed by atoms with Crippen molar-refractivity contribution in [1.29, 1.82) is 5.41 Å². The average Bonchev–Trinajstić information content (AvgIpc) is 2.90. The highest BCUT2D eigenvalue weighted by atomic mass is 16.3. The SMILES string of the molecule is CN(C=N)c1ccc(N=C2CC(CO)=NN2C(C)(C)C)cc1. The van der Waals surface area contributed by atoms with E-state index in [0.29, 0.717) is 6.42 Å². The van der Waals surface area contributed by atoms with Crippen LogP contribution in [0.3, 0.4) is 0 Å². The minimum atomic E-state index is -0.184. The Morgan fingerprint density at radius 3 is 2.50 bits per heavy atom. The lowest BCUT2D eigenvalue weighted by Gasteiger charge is -2.30. The Labute approximate surface area is 131 Å². The number of nitrogens with zero attached hydrogens (tertiary/aromatic N) is 4. The topological polar surface area (TPSA) is 75.3 Å². The van der Waals surface area contributed by atoms with Gasteiger partial charge in [0.05, 0.1) is 29.9 Å². The molecule has 1 aromatic carbocycles. The molecule has 0 spiro atoms. The maximum atomic E-state index is 9.32. The Kier molecular flexibility index (Phi) is 4.61. The molecule has 6 nitrogen and oxygen atoms in total. The van der Waals surface area contributed by atoms with Crippen LogP contribution in [0.4, 0.5) is 11.4 Å². The molecule has 1 aliphatic rings. The molecule has 118 valence electrons. The second-order valence-corrected chi connectivity index (χ2v) is 6.27. The molecular weight excluding hydrogens is 278 g/mol. The van der Waals surface area contributed by atoms with Crippen LogP contribution in [0.25, 0.3) is 0 Å². The van der Waals surface area contributed by atoms with Gasteiger partial charge in [0.1, 0.15) is 5.84 Å². The number of aliphatic imine (C=N–C) groups is 1. The van der Waals surface area contributed by atoms with E-state index in [4.69, 9.17) is 5.41 Å². The molecule has 0 unspecified atom stereocenters. The monoisotopic (exact) mass is 301 g/mol. The molecule has 1 heterocycles. The van der Waals surface area contributed by atoms with Gasteiger partial charge in [-0.15, -0.1) is 0 Å². The standard InChI is InChI=1S/C16H23N5O/c1-16(2,3)21-15(9-13(10-22)19-21)18-12-5-7-14(8-6-12)20(4)11-17/h5-8,11,17,22H,9-10H2,1-4H3. The van der Waals surface area contributed by atoms with Crippen molar-refractivity contribution in [3.63, 3.8) is 0 Å². The van der Waals surface area contributed by atoms with Crippen LogP contribution in [-0.2, 0) is 0 Å². The van der Waals surface area contributed by atoms with Gasteiger partial charge in [-0.3, -0.25) is 5.41 Å². The molecule has 2 N–H and O–H groups in total. The fourth-order valence-corrected chi connectivity index (χ4v) is 2.19. The number of hydrogen-bond donors (Lipinski definition) is 2. The Balaban J connectivity index is 2.26. The van der Waals surface area contributed by atoms with Gasteiger partial charge >= 0.3 is 0 Å². The van der Waals surface area contributed by atoms with Gasteiger partial charge < -0.3 is 10.0 Å². The van der Waals surface area contributed by atoms with Crippen LogP contribution in [-0.4, -0.2) is 47.2 Å². The summed E-state index contributed by atoms with van der Waals surface area (Å²) in [4.78, 5) is 6.39. The molecule has 6 heteroatoms. The predicted molar refractivity (Wildman–Crippen MR) is 91.5 cm³/mol. The lowest BCUT2D eigenvalue weighted by atomic mass is 10.1. The summed E-state index contributed by atoms with van der Waals surface area (Å²) in [5.41, 5.74) is 2.32. The van der Waals surface area contributed by atoms with E-state index in [2.05, 4.69) is 30.9 Å². The maximum Gasteiger partial charge on any atom is 0.132 e. The summed E-state index contributed by atoms with van der Waals surface area (Å²) < 4.78 is 0. The van der Waals surface area contributed by atoms with Crippen molar-refractivity contribution in [2.45, 2.75) is 32.7 Å². The molecule has 0 fully saturated rings. The molecule has 2 rings (SSSR count). The van der Waals surface area contributed by atoms with Crippen LogP contribution < -0.4 is 4.90 Å². The van der Waals surface area contributed by atoms with Crippen molar-refractivity contribution < 1.29 is 5.11 Å². The summed E-state index contributed by atoms with van der Waals surface area (Å²) >= 11 is 0. The van der Waals surface area contributed by atoms with E-state index in [1.165, 1.54) is 6.34 Å². The molecule has 0 atom stereocenters. The van der Waals surface area contributed by atoms with Gasteiger partial charge in [0, 0.05) is 19.2 Å². The van der Waals surface area contributed by atoms with Crippen molar-refractivity contribution in [2.24, 2.45) is 10.1 Å². The van der Waals surface area contributed by atoms with E-state index in [9.17, 15) is 5.11 Å². The third kappa shape index (κ3) is 3.51. The molecule has 0 saturated heterocycles. The highest BCUT2D eigenvalue weighted by molar-refractivity contribution is 6.08. The minimum absolute atomic E-state index is 0.0470. The number of aliphatic hydroxyl groups excluding tert-OH is 1. The van der Waals surface area contributed by atoms with Crippen molar-refractivity contribution in [3.8, 4) is 0 Å². The van der Waals surface area contributed by atoms with Gasteiger partial charge in [0.15, 0.2) is 0 Å². The van der Waals surface area contributed by atoms with Crippen LogP contribution in [0.5, 0.6) is 0 Å². The predicted octanol–water partition coefficient (Wildman–Crippen LogP) is 2.61. The number of aliphatic hydroxyl groups is 1. The van der Waals surface area contributed by atoms with E-state index in [1.54, 1.807) is 4.90 Å². The van der Waals surface area contributed by atoms with Gasteiger partial charge in [-0.1, -0.05) is 0 Å². The second-order valence-electron chi connectivity index (χ2n) is 6.27. The van der Waals surface area contributed by atoms with Crippen LogP contribution in [0.1, 0.15) is 27.2 Å². The van der Waals surface area contributed by atoms with Crippen molar-refractivity contribution >= 4 is 29.3 Å². The van der Waals surface area contributed by atoms with Crippen molar-refractivity contribution in [2.75, 3.05) is 18.6 Å². The first-order valence-corrected chi connectivity index (χ1v) is 7.23. The smallest absolute Gasteiger partial charge is 0.132 e. The van der Waals surface area contributed by atoms with E-state index in [0.717, 1.165) is 22.9 Å². The molecule has 0 amide bonds. The molecule has 1 aliphatic heterocycles. The van der Waals surface area contributed by atoms with E-state index < -0.39 is 0 Å². The largest absolute Gasteiger partial charge is 0.390 e. The van der Waals surface area contributed by atoms with Crippen LogP contribution in [0.15, 0.2) is 34.4 Å². The van der Waals surface area contributed by atoms with Crippen LogP contribution >= 0.6 is 0 Å². The molecule has 0 bridgehead atoms. The van der Waals surface area contributed by atoms with E-state index in [1.807, 2.05) is 36.3 Å². The Morgan fingerprint density at radius 1 is 1.36 bits per heavy atom. The fraction of sp³-hybridized carbons (Fsp3) is 0.438. The summed E-state index contributed by atoms with van der Waals surface area (Å²) in [6, 6.07) is 7.68. The van der Waals surface area contributed by atoms with Gasteiger partial charge in [0.2, 0.25) is 0 Å². The zero-order chi connectivity index (χ0) is 16.3. The molecule has 0 radical (unpaired) electrons. The summed E-state index contributed by atoms with van der Waals surface area (Å²) in [6.07, 6.45) is 1.83. The number of amidine groups is 1. The maximum absolute atomic E-state index is 9.32. The van der Waals surface area contributed by atoms with Gasteiger partial charge in [0.25, 0.3) is 0 Å². The van der Waals surface area contributed by atoms with Gasteiger partial charge in [-0.05, 0) is 45.0 Å². The Bertz CT molecular complexity index is 598. The summed E-state index contributed by atoms with van der Waals surface area (Å²) in [6.45, 7) is 6.14. The molecule has 0 aliphatic carbocycles. The first kappa shape index (κ1) is 16.2. The number of hydrogen-bond acceptors (Lipinski definition) is 4. The van der Waals surface area contributed by atoms with Crippen molar-refractivity contribution in [1.82, 2.24) is 5.01 Å². The van der Waals surface area contributed by atoms with Crippen LogP contribution in [0.2, 0.25) is 0 Å². The van der Waals surface area contributed by atoms with Gasteiger partial charge in [-0.2, -0.15) is 5.10 Å². The number of anilines is 1. The molecule has 1 aromatic rings. The highest BCUT2D eigenvalue weighted by Crippen LogP contribution is 2.25. The lowest BCUT2D eigenvalue weighted by molar-refractivity contribution is 0.250.